The third kappa shape index (κ3) is 4.36. The fraction of sp³-hybridized carbons (Fsp3) is 0.240. The minimum absolute atomic E-state index is 0.0447. The van der Waals surface area contributed by atoms with Crippen molar-refractivity contribution < 1.29 is 22.7 Å². The number of ether oxygens (including phenoxy) is 2. The highest BCUT2D eigenvalue weighted by Crippen LogP contribution is 2.43. The second-order valence-corrected chi connectivity index (χ2v) is 10.5. The quantitative estimate of drug-likeness (QED) is 0.473. The van der Waals surface area contributed by atoms with E-state index in [1.165, 1.54) is 16.4 Å². The Morgan fingerprint density at radius 1 is 0.882 bits per heavy atom. The van der Waals surface area contributed by atoms with E-state index in [2.05, 4.69) is 5.32 Å². The maximum absolute atomic E-state index is 13.8. The van der Waals surface area contributed by atoms with Crippen LogP contribution >= 0.6 is 11.6 Å². The van der Waals surface area contributed by atoms with Crippen LogP contribution in [0.15, 0.2) is 65.6 Å². The van der Waals surface area contributed by atoms with Crippen molar-refractivity contribution in [1.82, 2.24) is 4.31 Å². The van der Waals surface area contributed by atoms with Crippen LogP contribution in [-0.2, 0) is 10.0 Å². The predicted molar refractivity (Wildman–Crippen MR) is 130 cm³/mol. The van der Waals surface area contributed by atoms with Crippen LogP contribution in [0.2, 0.25) is 5.02 Å². The summed E-state index contributed by atoms with van der Waals surface area (Å²) in [5.41, 5.74) is 0.602. The monoisotopic (exact) mass is 498 g/mol. The Kier molecular flexibility index (Phi) is 6.20. The number of fused-ring (bicyclic) bond motifs is 2. The molecule has 0 spiro atoms. The lowest BCUT2D eigenvalue weighted by atomic mass is 10.1. The lowest BCUT2D eigenvalue weighted by Gasteiger charge is -2.23. The first kappa shape index (κ1) is 22.7. The van der Waals surface area contributed by atoms with Crippen molar-refractivity contribution in [2.24, 2.45) is 0 Å². The van der Waals surface area contributed by atoms with E-state index < -0.39 is 15.9 Å². The Labute approximate surface area is 203 Å². The summed E-state index contributed by atoms with van der Waals surface area (Å²) >= 11 is 6.29. The molecule has 0 bridgehead atoms. The van der Waals surface area contributed by atoms with Crippen LogP contribution in [-0.4, -0.2) is 31.7 Å². The van der Waals surface area contributed by atoms with E-state index in [0.717, 1.165) is 25.7 Å². The Morgan fingerprint density at radius 2 is 1.59 bits per heavy atom. The summed E-state index contributed by atoms with van der Waals surface area (Å²) in [7, 11) is -3.96. The van der Waals surface area contributed by atoms with Crippen molar-refractivity contribution in [2.75, 3.05) is 18.4 Å². The number of sulfonamides is 1. The van der Waals surface area contributed by atoms with Crippen LogP contribution in [0.5, 0.6) is 23.0 Å². The average Bonchev–Trinajstić information content (AvgIpc) is 3.18. The number of carbonyl (C=O) groups is 1. The third-order valence-corrected chi connectivity index (χ3v) is 8.12. The zero-order valence-corrected chi connectivity index (χ0v) is 19.9. The molecule has 0 aliphatic carbocycles. The van der Waals surface area contributed by atoms with Crippen molar-refractivity contribution in [2.45, 2.75) is 30.6 Å². The maximum atomic E-state index is 13.8. The number of hydrogen-bond acceptors (Lipinski definition) is 5. The van der Waals surface area contributed by atoms with E-state index in [4.69, 9.17) is 21.1 Å². The smallest absolute Gasteiger partial charge is 0.259 e. The van der Waals surface area contributed by atoms with Crippen molar-refractivity contribution in [3.8, 4) is 23.0 Å². The molecule has 5 rings (SSSR count). The van der Waals surface area contributed by atoms with Gasteiger partial charge in [0.05, 0.1) is 16.3 Å². The molecule has 0 aromatic heterocycles. The number of hydrogen-bond donors (Lipinski definition) is 1. The van der Waals surface area contributed by atoms with Gasteiger partial charge >= 0.3 is 0 Å². The van der Waals surface area contributed by atoms with E-state index in [9.17, 15) is 13.2 Å². The first-order chi connectivity index (χ1) is 16.4. The topological polar surface area (TPSA) is 84.9 Å². The van der Waals surface area contributed by atoms with E-state index in [1.807, 2.05) is 0 Å². The van der Waals surface area contributed by atoms with Crippen LogP contribution in [0.4, 0.5) is 5.69 Å². The van der Waals surface area contributed by atoms with Gasteiger partial charge in [-0.15, -0.1) is 0 Å². The van der Waals surface area contributed by atoms with Gasteiger partial charge in [-0.2, -0.15) is 4.31 Å². The van der Waals surface area contributed by atoms with Crippen molar-refractivity contribution in [1.29, 1.82) is 0 Å². The van der Waals surface area contributed by atoms with Gasteiger partial charge in [0.1, 0.15) is 16.4 Å². The molecular formula is C25H23ClN2O5S. The predicted octanol–water partition coefficient (Wildman–Crippen LogP) is 6.06. The van der Waals surface area contributed by atoms with E-state index >= 15 is 0 Å². The molecule has 9 heteroatoms. The van der Waals surface area contributed by atoms with Crippen molar-refractivity contribution >= 4 is 33.2 Å². The molecule has 1 amide bonds. The molecule has 0 radical (unpaired) electrons. The SMILES string of the molecule is O=C1Nc2ccccc2Oc2cc(Oc3ccccc3Cl)c(S(=O)(=O)N3CCCCCC3)cc21. The molecule has 3 aromatic carbocycles. The number of rotatable bonds is 4. The van der Waals surface area contributed by atoms with Crippen LogP contribution in [0.25, 0.3) is 0 Å². The molecule has 0 atom stereocenters. The fourth-order valence-corrected chi connectivity index (χ4v) is 5.93. The molecule has 1 fully saturated rings. The van der Waals surface area contributed by atoms with E-state index in [-0.39, 0.29) is 22.0 Å². The third-order valence-electron chi connectivity index (χ3n) is 5.89. The van der Waals surface area contributed by atoms with Crippen LogP contribution in [0.3, 0.4) is 0 Å². The summed E-state index contributed by atoms with van der Waals surface area (Å²) in [5, 5.41) is 3.12. The highest BCUT2D eigenvalue weighted by atomic mass is 35.5. The largest absolute Gasteiger partial charge is 0.454 e. The number of para-hydroxylation sites is 3. The highest BCUT2D eigenvalue weighted by molar-refractivity contribution is 7.89. The zero-order chi connectivity index (χ0) is 23.7. The lowest BCUT2D eigenvalue weighted by molar-refractivity contribution is 0.102. The standard InChI is InChI=1S/C25H23ClN2O5S/c26-18-9-3-5-11-20(18)32-23-16-22-17(25(29)27-19-10-4-6-12-21(19)33-22)15-24(23)34(30,31)28-13-7-1-2-8-14-28/h3-6,9-12,15-16H,1-2,7-8,13-14H2,(H,27,29). The van der Waals surface area contributed by atoms with Gasteiger partial charge in [0.15, 0.2) is 11.5 Å². The summed E-state index contributed by atoms with van der Waals surface area (Å²) in [6, 6.07) is 16.6. The highest BCUT2D eigenvalue weighted by Gasteiger charge is 2.33. The minimum Gasteiger partial charge on any atom is -0.454 e. The summed E-state index contributed by atoms with van der Waals surface area (Å²) in [6.45, 7) is 0.832. The van der Waals surface area contributed by atoms with E-state index in [0.29, 0.717) is 35.3 Å². The Morgan fingerprint density at radius 3 is 2.35 bits per heavy atom. The normalized spacial score (nSPS) is 16.3. The summed E-state index contributed by atoms with van der Waals surface area (Å²) in [4.78, 5) is 12.9. The molecule has 2 aliphatic heterocycles. The molecule has 34 heavy (non-hydrogen) atoms. The number of halogens is 1. The van der Waals surface area contributed by atoms with Gasteiger partial charge in [0, 0.05) is 19.2 Å². The Bertz CT molecular complexity index is 1350. The van der Waals surface area contributed by atoms with Gasteiger partial charge in [-0.25, -0.2) is 8.42 Å². The van der Waals surface area contributed by atoms with Gasteiger partial charge in [-0.05, 0) is 43.2 Å². The van der Waals surface area contributed by atoms with Crippen LogP contribution in [0.1, 0.15) is 36.0 Å². The lowest BCUT2D eigenvalue weighted by Crippen LogP contribution is -2.32. The molecule has 1 N–H and O–H groups in total. The molecule has 176 valence electrons. The summed E-state index contributed by atoms with van der Waals surface area (Å²) < 4.78 is 41.0. The molecule has 0 saturated carbocycles. The van der Waals surface area contributed by atoms with Gasteiger partial charge < -0.3 is 14.8 Å². The first-order valence-corrected chi connectivity index (χ1v) is 12.9. The number of nitrogens with zero attached hydrogens (tertiary/aromatic N) is 1. The zero-order valence-electron chi connectivity index (χ0n) is 18.3. The molecule has 7 nitrogen and oxygen atoms in total. The molecule has 3 aromatic rings. The molecule has 0 unspecified atom stereocenters. The molecular weight excluding hydrogens is 476 g/mol. The minimum atomic E-state index is -3.96. The maximum Gasteiger partial charge on any atom is 0.259 e. The number of anilines is 1. The van der Waals surface area contributed by atoms with Crippen LogP contribution in [0, 0.1) is 0 Å². The van der Waals surface area contributed by atoms with Gasteiger partial charge in [0.2, 0.25) is 10.0 Å². The summed E-state index contributed by atoms with van der Waals surface area (Å²) in [6.07, 6.45) is 3.52. The van der Waals surface area contributed by atoms with E-state index in [1.54, 1.807) is 48.5 Å². The number of benzene rings is 3. The second-order valence-electron chi connectivity index (χ2n) is 8.20. The fourth-order valence-electron chi connectivity index (χ4n) is 4.12. The first-order valence-electron chi connectivity index (χ1n) is 11.1. The molecule has 1 saturated heterocycles. The van der Waals surface area contributed by atoms with Crippen molar-refractivity contribution in [3.63, 3.8) is 0 Å². The number of nitrogens with one attached hydrogen (secondary N) is 1. The van der Waals surface area contributed by atoms with Gasteiger partial charge in [-0.3, -0.25) is 4.79 Å². The van der Waals surface area contributed by atoms with Crippen LogP contribution < -0.4 is 14.8 Å². The van der Waals surface area contributed by atoms with Gasteiger partial charge in [-0.1, -0.05) is 48.7 Å². The Balaban J connectivity index is 1.66. The molecule has 2 heterocycles. The average molecular weight is 499 g/mol. The number of carbonyl (C=O) groups excluding carboxylic acids is 1. The van der Waals surface area contributed by atoms with Crippen molar-refractivity contribution in [3.05, 3.63) is 71.2 Å². The van der Waals surface area contributed by atoms with Gasteiger partial charge in [0.25, 0.3) is 5.91 Å². The summed E-state index contributed by atoms with van der Waals surface area (Å²) in [5.74, 6) is 0.524. The molecule has 2 aliphatic rings. The Hall–Kier alpha value is -3.07. The number of amides is 1. The second kappa shape index (κ2) is 9.29.